The van der Waals surface area contributed by atoms with Crippen LogP contribution in [0.4, 0.5) is 4.79 Å². The second kappa shape index (κ2) is 13.0. The summed E-state index contributed by atoms with van der Waals surface area (Å²) in [6.45, 7) is 1.29. The zero-order chi connectivity index (χ0) is 21.6. The van der Waals surface area contributed by atoms with Gasteiger partial charge in [0.25, 0.3) is 0 Å². The lowest BCUT2D eigenvalue weighted by molar-refractivity contribution is -0.701. The molecule has 1 aromatic heterocycles. The molecular formula is C18H27N4O7+. The maximum Gasteiger partial charge on any atom is 0.326 e. The number of urea groups is 1. The molecule has 0 aliphatic carbocycles. The van der Waals surface area contributed by atoms with Crippen LogP contribution in [0.25, 0.3) is 0 Å². The predicted octanol–water partition coefficient (Wildman–Crippen LogP) is -0.238. The van der Waals surface area contributed by atoms with E-state index >= 15 is 0 Å². The molecule has 0 saturated carbocycles. The number of amides is 2. The fourth-order valence-electron chi connectivity index (χ4n) is 2.49. The number of carboxylic acid groups (broad SMARTS) is 3. The normalized spacial score (nSPS) is 12.6. The van der Waals surface area contributed by atoms with Crippen molar-refractivity contribution < 1.29 is 39.1 Å². The number of carbonyl (C=O) groups excluding carboxylic acids is 1. The summed E-state index contributed by atoms with van der Waals surface area (Å²) in [5.74, 6) is -3.82. The molecule has 2 amide bonds. The molecule has 1 rings (SSSR count). The molecule has 1 aromatic rings. The van der Waals surface area contributed by atoms with Gasteiger partial charge < -0.3 is 26.0 Å². The molecule has 11 nitrogen and oxygen atoms in total. The van der Waals surface area contributed by atoms with E-state index in [4.69, 9.17) is 10.2 Å². The van der Waals surface area contributed by atoms with Gasteiger partial charge in [0.15, 0.2) is 12.4 Å². The third-order valence-electron chi connectivity index (χ3n) is 4.02. The van der Waals surface area contributed by atoms with Crippen LogP contribution in [0.1, 0.15) is 32.1 Å². The number of nitrogens with one attached hydrogen (secondary N) is 3. The highest BCUT2D eigenvalue weighted by Crippen LogP contribution is 2.02. The van der Waals surface area contributed by atoms with E-state index in [1.54, 1.807) is 0 Å². The number of pyridine rings is 1. The van der Waals surface area contributed by atoms with Crippen LogP contribution in [-0.4, -0.2) is 57.9 Å². The second-order valence-electron chi connectivity index (χ2n) is 6.38. The van der Waals surface area contributed by atoms with Crippen molar-refractivity contribution in [3.8, 4) is 0 Å². The molecule has 0 radical (unpaired) electrons. The Morgan fingerprint density at radius 1 is 0.828 bits per heavy atom. The van der Waals surface area contributed by atoms with Gasteiger partial charge in [-0.2, -0.15) is 4.57 Å². The van der Waals surface area contributed by atoms with Crippen molar-refractivity contribution in [3.63, 3.8) is 0 Å². The first-order valence-electron chi connectivity index (χ1n) is 9.19. The maximum absolute atomic E-state index is 11.9. The smallest absolute Gasteiger partial charge is 0.326 e. The summed E-state index contributed by atoms with van der Waals surface area (Å²) < 4.78 is 1.95. The van der Waals surface area contributed by atoms with Gasteiger partial charge in [0.1, 0.15) is 12.1 Å². The van der Waals surface area contributed by atoms with E-state index in [0.717, 1.165) is 0 Å². The van der Waals surface area contributed by atoms with Crippen molar-refractivity contribution >= 4 is 23.9 Å². The molecule has 1 heterocycles. The van der Waals surface area contributed by atoms with Gasteiger partial charge >= 0.3 is 23.9 Å². The van der Waals surface area contributed by atoms with Gasteiger partial charge in [-0.3, -0.25) is 10.1 Å². The number of aliphatic carboxylic acids is 3. The minimum Gasteiger partial charge on any atom is -0.481 e. The summed E-state index contributed by atoms with van der Waals surface area (Å²) in [4.78, 5) is 44.8. The fraction of sp³-hybridized carbons (Fsp3) is 0.500. The van der Waals surface area contributed by atoms with Gasteiger partial charge in [-0.1, -0.05) is 6.07 Å². The van der Waals surface area contributed by atoms with Crippen LogP contribution in [0, 0.1) is 0 Å². The van der Waals surface area contributed by atoms with E-state index in [0.29, 0.717) is 26.1 Å². The van der Waals surface area contributed by atoms with Crippen molar-refractivity contribution in [2.45, 2.75) is 50.9 Å². The molecule has 2 atom stereocenters. The molecule has 0 aromatic carbocycles. The standard InChI is InChI=1S/C18H26N4O7/c23-15(24)8-7-14(17(27)28)21-18(29)20-13(16(25)26)6-2-3-9-19-12-22-10-4-1-5-11-22/h1,4-5,10-11,13-14,19H,2-3,6-9,12H2,(H4-,20,21,23,24,25,26,27,28,29)/p+1/t13-,14+/m1/s1. The van der Waals surface area contributed by atoms with Gasteiger partial charge in [0.05, 0.1) is 0 Å². The number of unbranched alkanes of at least 4 members (excludes halogenated alkanes) is 1. The summed E-state index contributed by atoms with van der Waals surface area (Å²) in [6, 6.07) is 2.18. The lowest BCUT2D eigenvalue weighted by Gasteiger charge is -2.18. The van der Waals surface area contributed by atoms with Crippen LogP contribution in [-0.2, 0) is 21.1 Å². The molecule has 6 N–H and O–H groups in total. The van der Waals surface area contributed by atoms with Crippen LogP contribution < -0.4 is 20.5 Å². The van der Waals surface area contributed by atoms with Gasteiger partial charge in [-0.05, 0) is 25.7 Å². The third kappa shape index (κ3) is 10.6. The molecule has 0 aliphatic rings. The Bertz CT molecular complexity index is 684. The molecule has 0 spiro atoms. The molecular weight excluding hydrogens is 384 g/mol. The quantitative estimate of drug-likeness (QED) is 0.180. The zero-order valence-electron chi connectivity index (χ0n) is 15.9. The van der Waals surface area contributed by atoms with E-state index in [9.17, 15) is 24.3 Å². The number of rotatable bonds is 14. The molecule has 160 valence electrons. The van der Waals surface area contributed by atoms with E-state index in [-0.39, 0.29) is 12.8 Å². The van der Waals surface area contributed by atoms with Crippen molar-refractivity contribution in [2.24, 2.45) is 0 Å². The topological polar surface area (TPSA) is 169 Å². The highest BCUT2D eigenvalue weighted by molar-refractivity contribution is 5.86. The van der Waals surface area contributed by atoms with Crippen LogP contribution in [0.3, 0.4) is 0 Å². The Morgan fingerprint density at radius 2 is 1.41 bits per heavy atom. The summed E-state index contributed by atoms with van der Waals surface area (Å²) >= 11 is 0. The van der Waals surface area contributed by atoms with Crippen molar-refractivity contribution in [2.75, 3.05) is 6.54 Å². The minimum absolute atomic E-state index is 0.176. The first-order chi connectivity index (χ1) is 13.8. The van der Waals surface area contributed by atoms with E-state index in [1.807, 2.05) is 35.2 Å². The molecule has 0 bridgehead atoms. The van der Waals surface area contributed by atoms with Crippen LogP contribution in [0.15, 0.2) is 30.6 Å². The molecule has 11 heteroatoms. The highest BCUT2D eigenvalue weighted by Gasteiger charge is 2.24. The fourth-order valence-corrected chi connectivity index (χ4v) is 2.49. The minimum atomic E-state index is -1.42. The first-order valence-corrected chi connectivity index (χ1v) is 9.19. The average molecular weight is 411 g/mol. The molecule has 0 fully saturated rings. The van der Waals surface area contributed by atoms with Gasteiger partial charge in [-0.25, -0.2) is 14.4 Å². The Morgan fingerprint density at radius 3 is 1.97 bits per heavy atom. The van der Waals surface area contributed by atoms with Crippen LogP contribution >= 0.6 is 0 Å². The number of hydrogen-bond acceptors (Lipinski definition) is 5. The van der Waals surface area contributed by atoms with E-state index in [2.05, 4.69) is 16.0 Å². The largest absolute Gasteiger partial charge is 0.481 e. The average Bonchev–Trinajstić information content (AvgIpc) is 2.67. The number of nitrogens with zero attached hydrogens (tertiary/aromatic N) is 1. The lowest BCUT2D eigenvalue weighted by Crippen LogP contribution is -2.51. The second-order valence-corrected chi connectivity index (χ2v) is 6.38. The monoisotopic (exact) mass is 411 g/mol. The zero-order valence-corrected chi connectivity index (χ0v) is 15.9. The summed E-state index contributed by atoms with van der Waals surface area (Å²) in [5.41, 5.74) is 0. The van der Waals surface area contributed by atoms with Gasteiger partial charge in [0, 0.05) is 25.1 Å². The molecule has 0 saturated heterocycles. The van der Waals surface area contributed by atoms with Crippen LogP contribution in [0.5, 0.6) is 0 Å². The van der Waals surface area contributed by atoms with E-state index < -0.39 is 42.4 Å². The number of hydrogen-bond donors (Lipinski definition) is 6. The SMILES string of the molecule is O=C(O)CC[C@H](NC(=O)N[C@H](CCCCNC[n+]1ccccc1)C(=O)O)C(=O)O. The number of carboxylic acids is 3. The van der Waals surface area contributed by atoms with Crippen molar-refractivity contribution in [1.82, 2.24) is 16.0 Å². The van der Waals surface area contributed by atoms with E-state index in [1.165, 1.54) is 0 Å². The maximum atomic E-state index is 11.9. The van der Waals surface area contributed by atoms with Gasteiger partial charge in [0.2, 0.25) is 6.67 Å². The Labute approximate surface area is 167 Å². The Kier molecular flexibility index (Phi) is 10.7. The predicted molar refractivity (Wildman–Crippen MR) is 99.9 cm³/mol. The molecule has 29 heavy (non-hydrogen) atoms. The summed E-state index contributed by atoms with van der Waals surface area (Å²) in [7, 11) is 0. The lowest BCUT2D eigenvalue weighted by atomic mass is 10.1. The Balaban J connectivity index is 2.33. The third-order valence-corrected chi connectivity index (χ3v) is 4.02. The van der Waals surface area contributed by atoms with Crippen LogP contribution in [0.2, 0.25) is 0 Å². The number of aromatic nitrogens is 1. The Hall–Kier alpha value is -3.21. The van der Waals surface area contributed by atoms with Crippen molar-refractivity contribution in [3.05, 3.63) is 30.6 Å². The van der Waals surface area contributed by atoms with Gasteiger partial charge in [-0.15, -0.1) is 0 Å². The number of carbonyl (C=O) groups is 4. The first kappa shape index (κ1) is 23.8. The van der Waals surface area contributed by atoms with Crippen molar-refractivity contribution in [1.29, 1.82) is 0 Å². The molecule has 0 unspecified atom stereocenters. The summed E-state index contributed by atoms with van der Waals surface area (Å²) in [6.07, 6.45) is 4.49. The highest BCUT2D eigenvalue weighted by atomic mass is 16.4. The summed E-state index contributed by atoms with van der Waals surface area (Å²) in [5, 5.41) is 34.4. The molecule has 0 aliphatic heterocycles.